The van der Waals surface area contributed by atoms with Crippen molar-refractivity contribution in [3.8, 4) is 11.8 Å². The van der Waals surface area contributed by atoms with Gasteiger partial charge in [0.2, 0.25) is 9.84 Å². The molecule has 0 aliphatic heterocycles. The summed E-state index contributed by atoms with van der Waals surface area (Å²) in [5.74, 6) is -0.0883. The Bertz CT molecular complexity index is 973. The molecule has 8 heteroatoms. The molecule has 0 radical (unpaired) electrons. The zero-order valence-corrected chi connectivity index (χ0v) is 14.9. The third-order valence-corrected chi connectivity index (χ3v) is 5.14. The molecule has 0 saturated carbocycles. The Balaban J connectivity index is 2.36. The lowest BCUT2D eigenvalue weighted by atomic mass is 10.2. The fourth-order valence-electron chi connectivity index (χ4n) is 2.09. The molecule has 0 unspecified atom stereocenters. The Hall–Kier alpha value is -3.31. The summed E-state index contributed by atoms with van der Waals surface area (Å²) < 4.78 is 34.9. The molecule has 0 bridgehead atoms. The van der Waals surface area contributed by atoms with E-state index in [9.17, 15) is 18.5 Å². The second-order valence-corrected chi connectivity index (χ2v) is 6.90. The zero-order valence-electron chi connectivity index (χ0n) is 14.1. The van der Waals surface area contributed by atoms with Crippen molar-refractivity contribution in [2.45, 2.75) is 4.90 Å². The van der Waals surface area contributed by atoms with E-state index in [1.807, 2.05) is 0 Å². The Kier molecular flexibility index (Phi) is 5.98. The highest BCUT2D eigenvalue weighted by Gasteiger charge is 2.21. The van der Waals surface area contributed by atoms with E-state index in [0.717, 1.165) is 6.20 Å². The van der Waals surface area contributed by atoms with E-state index in [-0.39, 0.29) is 10.5 Å². The van der Waals surface area contributed by atoms with Gasteiger partial charge in [-0.25, -0.2) is 13.2 Å². The minimum absolute atomic E-state index is 0.0471. The van der Waals surface area contributed by atoms with Crippen LogP contribution in [0.3, 0.4) is 0 Å². The van der Waals surface area contributed by atoms with Gasteiger partial charge in [0.1, 0.15) is 11.8 Å². The van der Waals surface area contributed by atoms with E-state index >= 15 is 0 Å². The van der Waals surface area contributed by atoms with Gasteiger partial charge in [-0.3, -0.25) is 0 Å². The summed E-state index contributed by atoms with van der Waals surface area (Å²) in [5.41, 5.74) is 0.530. The molecule has 2 aromatic rings. The van der Waals surface area contributed by atoms with E-state index in [2.05, 4.69) is 10.1 Å². The molecule has 0 atom stereocenters. The second kappa shape index (κ2) is 8.18. The molecular weight excluding hydrogens is 356 g/mol. The van der Waals surface area contributed by atoms with Crippen LogP contribution in [0.15, 0.2) is 64.5 Å². The predicted octanol–water partition coefficient (Wildman–Crippen LogP) is 2.73. The van der Waals surface area contributed by atoms with Crippen molar-refractivity contribution in [2.75, 3.05) is 19.5 Å². The summed E-state index contributed by atoms with van der Waals surface area (Å²) >= 11 is 0. The van der Waals surface area contributed by atoms with Gasteiger partial charge in [-0.05, 0) is 36.4 Å². The van der Waals surface area contributed by atoms with Crippen LogP contribution in [-0.4, -0.2) is 28.6 Å². The number of methoxy groups -OCH3 is 2. The number of esters is 1. The second-order valence-electron chi connectivity index (χ2n) is 4.98. The number of hydrogen-bond donors (Lipinski definition) is 1. The van der Waals surface area contributed by atoms with Crippen LogP contribution in [0.2, 0.25) is 0 Å². The maximum atomic E-state index is 12.6. The highest BCUT2D eigenvalue weighted by atomic mass is 32.2. The molecule has 1 N–H and O–H groups in total. The summed E-state index contributed by atoms with van der Waals surface area (Å²) in [6, 6.07) is 13.7. The van der Waals surface area contributed by atoms with Crippen LogP contribution < -0.4 is 10.1 Å². The summed E-state index contributed by atoms with van der Waals surface area (Å²) in [6.45, 7) is 0. The quantitative estimate of drug-likeness (QED) is 0.614. The van der Waals surface area contributed by atoms with Gasteiger partial charge < -0.3 is 14.8 Å². The average Bonchev–Trinajstić information content (AvgIpc) is 2.68. The first-order chi connectivity index (χ1) is 12.4. The maximum absolute atomic E-state index is 12.6. The predicted molar refractivity (Wildman–Crippen MR) is 95.3 cm³/mol. The largest absolute Gasteiger partial charge is 0.497 e. The van der Waals surface area contributed by atoms with E-state index < -0.39 is 20.7 Å². The topological polar surface area (TPSA) is 105 Å². The van der Waals surface area contributed by atoms with Gasteiger partial charge in [0.05, 0.1) is 30.4 Å². The molecule has 0 amide bonds. The fraction of sp³-hybridized carbons (Fsp3) is 0.111. The molecule has 0 aliphatic rings. The van der Waals surface area contributed by atoms with E-state index in [1.54, 1.807) is 24.3 Å². The number of hydrogen-bond acceptors (Lipinski definition) is 7. The Morgan fingerprint density at radius 1 is 1.12 bits per heavy atom. The summed E-state index contributed by atoms with van der Waals surface area (Å²) in [7, 11) is -1.31. The SMILES string of the molecule is COC(=O)c1ccccc1NC=C(C#N)S(=O)(=O)c1ccc(OC)cc1. The fourth-order valence-corrected chi connectivity index (χ4v) is 3.17. The number of carbonyl (C=O) groups excluding carboxylic acids is 1. The van der Waals surface area contributed by atoms with Crippen molar-refractivity contribution in [3.63, 3.8) is 0 Å². The van der Waals surface area contributed by atoms with Gasteiger partial charge in [0.25, 0.3) is 0 Å². The molecule has 0 heterocycles. The molecule has 0 saturated heterocycles. The highest BCUT2D eigenvalue weighted by Crippen LogP contribution is 2.23. The summed E-state index contributed by atoms with van der Waals surface area (Å²) in [4.78, 5) is 11.2. The number of benzene rings is 2. The molecule has 134 valence electrons. The smallest absolute Gasteiger partial charge is 0.339 e. The van der Waals surface area contributed by atoms with Crippen LogP contribution in [-0.2, 0) is 14.6 Å². The first-order valence-electron chi connectivity index (χ1n) is 7.37. The standard InChI is InChI=1S/C18H16N2O5S/c1-24-13-7-9-14(10-8-13)26(22,23)15(11-19)12-20-17-6-4-3-5-16(17)18(21)25-2/h3-10,12,20H,1-2H3. The van der Waals surface area contributed by atoms with Gasteiger partial charge in [-0.1, -0.05) is 12.1 Å². The zero-order chi connectivity index (χ0) is 19.2. The van der Waals surface area contributed by atoms with Crippen LogP contribution >= 0.6 is 0 Å². The van der Waals surface area contributed by atoms with Gasteiger partial charge in [0.15, 0.2) is 4.91 Å². The number of allylic oxidation sites excluding steroid dienone is 1. The number of nitrogens with one attached hydrogen (secondary N) is 1. The average molecular weight is 372 g/mol. The number of anilines is 1. The number of sulfone groups is 1. The molecule has 0 aromatic heterocycles. The molecule has 0 fully saturated rings. The molecule has 0 aliphatic carbocycles. The lowest BCUT2D eigenvalue weighted by Crippen LogP contribution is -2.08. The number of nitrogens with zero attached hydrogens (tertiary/aromatic N) is 1. The van der Waals surface area contributed by atoms with Crippen molar-refractivity contribution in [1.29, 1.82) is 5.26 Å². The minimum atomic E-state index is -4.02. The maximum Gasteiger partial charge on any atom is 0.339 e. The van der Waals surface area contributed by atoms with Crippen molar-refractivity contribution in [1.82, 2.24) is 0 Å². The molecule has 0 spiro atoms. The van der Waals surface area contributed by atoms with Gasteiger partial charge >= 0.3 is 5.97 Å². The van der Waals surface area contributed by atoms with E-state index in [0.29, 0.717) is 11.4 Å². The molecular formula is C18H16N2O5S. The number of para-hydroxylation sites is 1. The van der Waals surface area contributed by atoms with Gasteiger partial charge in [-0.15, -0.1) is 0 Å². The summed E-state index contributed by atoms with van der Waals surface area (Å²) in [6.07, 6.45) is 1.04. The highest BCUT2D eigenvalue weighted by molar-refractivity contribution is 7.95. The Morgan fingerprint density at radius 3 is 2.35 bits per heavy atom. The number of carbonyl (C=O) groups is 1. The Morgan fingerprint density at radius 2 is 1.77 bits per heavy atom. The van der Waals surface area contributed by atoms with Crippen LogP contribution in [0.5, 0.6) is 5.75 Å². The monoisotopic (exact) mass is 372 g/mol. The molecule has 2 rings (SSSR count). The number of ether oxygens (including phenoxy) is 2. The first-order valence-corrected chi connectivity index (χ1v) is 8.85. The van der Waals surface area contributed by atoms with Gasteiger partial charge in [-0.2, -0.15) is 5.26 Å². The van der Waals surface area contributed by atoms with E-state index in [1.165, 1.54) is 44.6 Å². The molecule has 2 aromatic carbocycles. The van der Waals surface area contributed by atoms with Crippen molar-refractivity contribution >= 4 is 21.5 Å². The van der Waals surface area contributed by atoms with Crippen molar-refractivity contribution < 1.29 is 22.7 Å². The number of nitriles is 1. The van der Waals surface area contributed by atoms with E-state index in [4.69, 9.17) is 4.74 Å². The first kappa shape index (κ1) is 19.0. The third kappa shape index (κ3) is 4.02. The van der Waals surface area contributed by atoms with Crippen LogP contribution in [0.4, 0.5) is 5.69 Å². The van der Waals surface area contributed by atoms with Crippen LogP contribution in [0, 0.1) is 11.3 Å². The molecule has 7 nitrogen and oxygen atoms in total. The summed E-state index contributed by atoms with van der Waals surface area (Å²) in [5, 5.41) is 12.0. The third-order valence-electron chi connectivity index (χ3n) is 3.46. The molecule has 26 heavy (non-hydrogen) atoms. The van der Waals surface area contributed by atoms with Gasteiger partial charge in [0, 0.05) is 6.20 Å². The Labute approximate surface area is 151 Å². The van der Waals surface area contributed by atoms with Crippen molar-refractivity contribution in [2.24, 2.45) is 0 Å². The van der Waals surface area contributed by atoms with Crippen molar-refractivity contribution in [3.05, 3.63) is 65.2 Å². The van der Waals surface area contributed by atoms with Crippen LogP contribution in [0.25, 0.3) is 0 Å². The van der Waals surface area contributed by atoms with Crippen LogP contribution in [0.1, 0.15) is 10.4 Å². The normalized spacial score (nSPS) is 11.3. The lowest BCUT2D eigenvalue weighted by Gasteiger charge is -2.08. The lowest BCUT2D eigenvalue weighted by molar-refractivity contribution is 0.0602. The number of rotatable bonds is 6. The minimum Gasteiger partial charge on any atom is -0.497 e.